The van der Waals surface area contributed by atoms with Gasteiger partial charge in [0.05, 0.1) is 11.6 Å². The fraction of sp³-hybridized carbons (Fsp3) is 0.174. The van der Waals surface area contributed by atoms with Crippen LogP contribution in [0.3, 0.4) is 0 Å². The molecule has 31 heavy (non-hydrogen) atoms. The van der Waals surface area contributed by atoms with E-state index in [0.717, 1.165) is 11.3 Å². The summed E-state index contributed by atoms with van der Waals surface area (Å²) in [5.41, 5.74) is 2.03. The van der Waals surface area contributed by atoms with Crippen LogP contribution in [0.25, 0.3) is 5.76 Å². The number of anilines is 1. The third-order valence-corrected chi connectivity index (χ3v) is 6.41. The van der Waals surface area contributed by atoms with E-state index < -0.39 is 17.7 Å². The number of aromatic nitrogens is 1. The lowest BCUT2D eigenvalue weighted by Crippen LogP contribution is -2.29. The smallest absolute Gasteiger partial charge is 0.301 e. The predicted octanol–water partition coefficient (Wildman–Crippen LogP) is 4.75. The van der Waals surface area contributed by atoms with Crippen molar-refractivity contribution < 1.29 is 19.4 Å². The summed E-state index contributed by atoms with van der Waals surface area (Å²) >= 11 is 7.44. The average molecular weight is 453 g/mol. The van der Waals surface area contributed by atoms with Crippen molar-refractivity contribution in [3.8, 4) is 5.75 Å². The van der Waals surface area contributed by atoms with Crippen molar-refractivity contribution in [3.63, 3.8) is 0 Å². The van der Waals surface area contributed by atoms with Crippen LogP contribution >= 0.6 is 22.9 Å². The Bertz CT molecular complexity index is 1240. The number of ketones is 1. The van der Waals surface area contributed by atoms with Gasteiger partial charge in [-0.05, 0) is 48.4 Å². The number of benzene rings is 2. The maximum absolute atomic E-state index is 13.1. The van der Waals surface area contributed by atoms with Gasteiger partial charge in [-0.1, -0.05) is 23.7 Å². The lowest BCUT2D eigenvalue weighted by molar-refractivity contribution is -0.132. The molecule has 6 nitrogen and oxygen atoms in total. The molecule has 2 aliphatic heterocycles. The highest BCUT2D eigenvalue weighted by molar-refractivity contribution is 7.14. The van der Waals surface area contributed by atoms with E-state index in [9.17, 15) is 14.7 Å². The molecule has 2 aromatic carbocycles. The van der Waals surface area contributed by atoms with Crippen LogP contribution in [0.1, 0.15) is 29.7 Å². The van der Waals surface area contributed by atoms with Crippen molar-refractivity contribution >= 4 is 45.5 Å². The zero-order valence-corrected chi connectivity index (χ0v) is 18.0. The first-order valence-electron chi connectivity index (χ1n) is 9.70. The highest BCUT2D eigenvalue weighted by Crippen LogP contribution is 2.43. The van der Waals surface area contributed by atoms with Crippen LogP contribution in [0.2, 0.25) is 5.02 Å². The molecule has 8 heteroatoms. The molecule has 1 fully saturated rings. The molecular weight excluding hydrogens is 436 g/mol. The summed E-state index contributed by atoms with van der Waals surface area (Å²) in [5, 5.41) is 13.8. The maximum atomic E-state index is 13.1. The molecule has 5 rings (SSSR count). The molecule has 1 saturated heterocycles. The Balaban J connectivity index is 1.69. The van der Waals surface area contributed by atoms with E-state index in [2.05, 4.69) is 4.98 Å². The highest BCUT2D eigenvalue weighted by atomic mass is 35.5. The van der Waals surface area contributed by atoms with Crippen molar-refractivity contribution in [1.29, 1.82) is 0 Å². The van der Waals surface area contributed by atoms with E-state index in [1.807, 2.05) is 6.92 Å². The standard InChI is InChI=1S/C23H17ClN2O4S/c1-12-9-15-10-14(5-6-17(15)30-12)20(27)18-19(13-3-2-4-16(24)11-13)26(22(29)21(18)28)23-25-7-8-31-23/h2-8,10-12,19,27H,9H2,1H3/t12-,19+/m1/s1. The number of ether oxygens (including phenoxy) is 1. The molecule has 1 aromatic heterocycles. The molecule has 0 radical (unpaired) electrons. The van der Waals surface area contributed by atoms with Gasteiger partial charge in [-0.15, -0.1) is 11.3 Å². The van der Waals surface area contributed by atoms with Crippen LogP contribution in [0.4, 0.5) is 5.13 Å². The van der Waals surface area contributed by atoms with Gasteiger partial charge in [0.25, 0.3) is 5.78 Å². The number of thiazole rings is 1. The zero-order valence-electron chi connectivity index (χ0n) is 16.4. The number of fused-ring (bicyclic) bond motifs is 1. The monoisotopic (exact) mass is 452 g/mol. The van der Waals surface area contributed by atoms with Crippen LogP contribution in [-0.2, 0) is 16.0 Å². The second-order valence-electron chi connectivity index (χ2n) is 7.49. The van der Waals surface area contributed by atoms with Crippen LogP contribution in [0.5, 0.6) is 5.75 Å². The van der Waals surface area contributed by atoms with E-state index in [4.69, 9.17) is 16.3 Å². The van der Waals surface area contributed by atoms with Gasteiger partial charge in [0.15, 0.2) is 5.13 Å². The first kappa shape index (κ1) is 19.8. The first-order chi connectivity index (χ1) is 14.9. The molecule has 0 aliphatic carbocycles. The van der Waals surface area contributed by atoms with Gasteiger partial charge in [-0.3, -0.25) is 14.5 Å². The number of Topliss-reactive ketones (excluding diaryl/α,β-unsaturated/α-hetero) is 1. The summed E-state index contributed by atoms with van der Waals surface area (Å²) < 4.78 is 5.73. The number of rotatable bonds is 3. The highest BCUT2D eigenvalue weighted by Gasteiger charge is 2.48. The van der Waals surface area contributed by atoms with Gasteiger partial charge in [0, 0.05) is 28.6 Å². The Hall–Kier alpha value is -3.16. The van der Waals surface area contributed by atoms with E-state index in [-0.39, 0.29) is 17.4 Å². The normalized spacial score (nSPS) is 21.9. The lowest BCUT2D eigenvalue weighted by atomic mass is 9.94. The molecule has 2 atom stereocenters. The first-order valence-corrected chi connectivity index (χ1v) is 11.0. The van der Waals surface area contributed by atoms with Crippen molar-refractivity contribution in [1.82, 2.24) is 4.98 Å². The topological polar surface area (TPSA) is 79.7 Å². The van der Waals surface area contributed by atoms with Crippen molar-refractivity contribution in [2.24, 2.45) is 0 Å². The second-order valence-corrected chi connectivity index (χ2v) is 8.80. The average Bonchev–Trinajstić information content (AvgIpc) is 3.45. The van der Waals surface area contributed by atoms with Gasteiger partial charge in [-0.25, -0.2) is 4.98 Å². The number of aliphatic hydroxyl groups is 1. The Kier molecular flexibility index (Phi) is 4.79. The molecule has 3 heterocycles. The van der Waals surface area contributed by atoms with Crippen LogP contribution in [-0.4, -0.2) is 27.9 Å². The molecule has 0 saturated carbocycles. The molecule has 0 unspecified atom stereocenters. The number of carbonyl (C=O) groups is 2. The fourth-order valence-corrected chi connectivity index (χ4v) is 4.95. The van der Waals surface area contributed by atoms with Crippen LogP contribution < -0.4 is 9.64 Å². The molecule has 0 spiro atoms. The molecule has 156 valence electrons. The quantitative estimate of drug-likeness (QED) is 0.352. The maximum Gasteiger partial charge on any atom is 0.301 e. The minimum absolute atomic E-state index is 0.00869. The Morgan fingerprint density at radius 2 is 2.10 bits per heavy atom. The third-order valence-electron chi connectivity index (χ3n) is 5.40. The Morgan fingerprint density at radius 1 is 1.26 bits per heavy atom. The number of amides is 1. The summed E-state index contributed by atoms with van der Waals surface area (Å²) in [6, 6.07) is 11.3. The van der Waals surface area contributed by atoms with E-state index in [1.54, 1.807) is 54.0 Å². The molecular formula is C23H17ClN2O4S. The van der Waals surface area contributed by atoms with Crippen LogP contribution in [0, 0.1) is 0 Å². The van der Waals surface area contributed by atoms with Gasteiger partial charge in [0.2, 0.25) is 0 Å². The van der Waals surface area contributed by atoms with Crippen molar-refractivity contribution in [2.45, 2.75) is 25.5 Å². The molecule has 2 aliphatic rings. The van der Waals surface area contributed by atoms with Crippen LogP contribution in [0.15, 0.2) is 59.6 Å². The molecule has 1 amide bonds. The second kappa shape index (κ2) is 7.51. The van der Waals surface area contributed by atoms with E-state index in [0.29, 0.717) is 27.7 Å². The van der Waals surface area contributed by atoms with Crippen molar-refractivity contribution in [2.75, 3.05) is 4.90 Å². The lowest BCUT2D eigenvalue weighted by Gasteiger charge is -2.23. The number of hydrogen-bond acceptors (Lipinski definition) is 6. The van der Waals surface area contributed by atoms with Crippen molar-refractivity contribution in [3.05, 3.63) is 81.3 Å². The Labute approximate surface area is 187 Å². The van der Waals surface area contributed by atoms with Gasteiger partial charge in [0.1, 0.15) is 17.6 Å². The number of aliphatic hydroxyl groups excluding tert-OH is 1. The predicted molar refractivity (Wildman–Crippen MR) is 119 cm³/mol. The molecule has 1 N–H and O–H groups in total. The third kappa shape index (κ3) is 3.30. The number of hydrogen-bond donors (Lipinski definition) is 1. The SMILES string of the molecule is C[C@@H]1Cc2cc(C(O)=C3C(=O)C(=O)N(c4nccs4)[C@H]3c3cccc(Cl)c3)ccc2O1. The van der Waals surface area contributed by atoms with Gasteiger partial charge >= 0.3 is 5.91 Å². The Morgan fingerprint density at radius 3 is 2.84 bits per heavy atom. The summed E-state index contributed by atoms with van der Waals surface area (Å²) in [5.74, 6) is -0.967. The minimum Gasteiger partial charge on any atom is -0.507 e. The number of nitrogens with zero attached hydrogens (tertiary/aromatic N) is 2. The largest absolute Gasteiger partial charge is 0.507 e. The summed E-state index contributed by atoms with van der Waals surface area (Å²) in [7, 11) is 0. The zero-order chi connectivity index (χ0) is 21.7. The van der Waals surface area contributed by atoms with E-state index >= 15 is 0 Å². The molecule has 3 aromatic rings. The molecule has 0 bridgehead atoms. The fourth-order valence-electron chi connectivity index (χ4n) is 4.08. The van der Waals surface area contributed by atoms with E-state index in [1.165, 1.54) is 16.2 Å². The number of carbonyl (C=O) groups excluding carboxylic acids is 2. The minimum atomic E-state index is -0.840. The van der Waals surface area contributed by atoms with Gasteiger partial charge in [-0.2, -0.15) is 0 Å². The van der Waals surface area contributed by atoms with Gasteiger partial charge < -0.3 is 9.84 Å². The summed E-state index contributed by atoms with van der Waals surface area (Å²) in [6.07, 6.45) is 2.33. The summed E-state index contributed by atoms with van der Waals surface area (Å²) in [4.78, 5) is 31.6. The summed E-state index contributed by atoms with van der Waals surface area (Å²) in [6.45, 7) is 1.97. The number of halogens is 1.